The van der Waals surface area contributed by atoms with Gasteiger partial charge >= 0.3 is 0 Å². The molecule has 1 amide bonds. The van der Waals surface area contributed by atoms with E-state index in [4.69, 9.17) is 0 Å². The van der Waals surface area contributed by atoms with Crippen molar-refractivity contribution in [3.05, 3.63) is 12.7 Å². The first-order valence-corrected chi connectivity index (χ1v) is 6.51. The second-order valence-electron chi connectivity index (χ2n) is 4.92. The van der Waals surface area contributed by atoms with Crippen molar-refractivity contribution in [2.45, 2.75) is 38.3 Å². The number of amides is 1. The molecule has 2 unspecified atom stereocenters. The molecule has 6 nitrogen and oxygen atoms in total. The van der Waals surface area contributed by atoms with Gasteiger partial charge in [0.15, 0.2) is 0 Å². The van der Waals surface area contributed by atoms with Crippen LogP contribution in [-0.4, -0.2) is 51.8 Å². The van der Waals surface area contributed by atoms with E-state index in [0.717, 1.165) is 19.5 Å². The molecule has 18 heavy (non-hydrogen) atoms. The first-order valence-electron chi connectivity index (χ1n) is 6.51. The van der Waals surface area contributed by atoms with Gasteiger partial charge in [-0.1, -0.05) is 6.42 Å². The largest absolute Gasteiger partial charge is 0.342 e. The molecule has 0 radical (unpaired) electrons. The third-order valence-corrected chi connectivity index (χ3v) is 3.47. The van der Waals surface area contributed by atoms with Gasteiger partial charge in [-0.05, 0) is 26.3 Å². The minimum Gasteiger partial charge on any atom is -0.342 e. The average Bonchev–Trinajstić information content (AvgIpc) is 2.92. The van der Waals surface area contributed by atoms with Crippen LogP contribution >= 0.6 is 0 Å². The zero-order valence-electron chi connectivity index (χ0n) is 11.0. The third-order valence-electron chi connectivity index (χ3n) is 3.47. The maximum Gasteiger partial charge on any atom is 0.247 e. The molecule has 0 aliphatic carbocycles. The van der Waals surface area contributed by atoms with E-state index in [2.05, 4.69) is 15.4 Å². The number of nitrogens with one attached hydrogen (secondary N) is 1. The summed E-state index contributed by atoms with van der Waals surface area (Å²) in [7, 11) is 1.85. The minimum absolute atomic E-state index is 0.0767. The number of carbonyl (C=O) groups excluding carboxylic acids is 1. The molecule has 100 valence electrons. The Hall–Kier alpha value is -1.43. The van der Waals surface area contributed by atoms with Gasteiger partial charge < -0.3 is 10.2 Å². The summed E-state index contributed by atoms with van der Waals surface area (Å²) in [6, 6.07) is 0.136. The average molecular weight is 251 g/mol. The van der Waals surface area contributed by atoms with Crippen LogP contribution in [0.25, 0.3) is 0 Å². The third kappa shape index (κ3) is 3.07. The molecule has 2 rings (SSSR count). The van der Waals surface area contributed by atoms with Crippen LogP contribution in [0.15, 0.2) is 12.7 Å². The lowest BCUT2D eigenvalue weighted by Gasteiger charge is -2.29. The van der Waals surface area contributed by atoms with Crippen molar-refractivity contribution in [1.82, 2.24) is 25.0 Å². The van der Waals surface area contributed by atoms with Crippen molar-refractivity contribution >= 4 is 5.91 Å². The summed E-state index contributed by atoms with van der Waals surface area (Å²) in [4.78, 5) is 17.9. The van der Waals surface area contributed by atoms with Gasteiger partial charge in [-0.3, -0.25) is 4.79 Å². The summed E-state index contributed by atoms with van der Waals surface area (Å²) in [5.41, 5.74) is 0. The Morgan fingerprint density at radius 3 is 3.06 bits per heavy atom. The fraction of sp³-hybridized carbons (Fsp3) is 0.750. The molecule has 1 aliphatic rings. The van der Waals surface area contributed by atoms with Crippen LogP contribution in [0.5, 0.6) is 0 Å². The number of hydrogen-bond donors (Lipinski definition) is 1. The van der Waals surface area contributed by atoms with Gasteiger partial charge in [-0.2, -0.15) is 5.10 Å². The molecule has 1 N–H and O–H groups in total. The SMILES string of the molecule is CC(C(=O)N(C)CC1CCCCN1)n1cncn1. The molecule has 2 heterocycles. The Morgan fingerprint density at radius 1 is 1.61 bits per heavy atom. The van der Waals surface area contributed by atoms with Crippen molar-refractivity contribution in [2.24, 2.45) is 0 Å². The number of hydrogen-bond acceptors (Lipinski definition) is 4. The quantitative estimate of drug-likeness (QED) is 0.843. The number of carbonyl (C=O) groups is 1. The van der Waals surface area contributed by atoms with Gasteiger partial charge in [0.1, 0.15) is 18.7 Å². The van der Waals surface area contributed by atoms with E-state index < -0.39 is 0 Å². The number of rotatable bonds is 4. The fourth-order valence-corrected chi connectivity index (χ4v) is 2.35. The monoisotopic (exact) mass is 251 g/mol. The number of likely N-dealkylation sites (N-methyl/N-ethyl adjacent to an activating group) is 1. The van der Waals surface area contributed by atoms with E-state index >= 15 is 0 Å². The Bertz CT molecular complexity index is 372. The molecular formula is C12H21N5O. The molecule has 1 fully saturated rings. The van der Waals surface area contributed by atoms with Crippen LogP contribution in [0.4, 0.5) is 0 Å². The van der Waals surface area contributed by atoms with Crippen LogP contribution in [-0.2, 0) is 4.79 Å². The molecule has 0 spiro atoms. The zero-order valence-corrected chi connectivity index (χ0v) is 11.0. The van der Waals surface area contributed by atoms with Crippen molar-refractivity contribution in [1.29, 1.82) is 0 Å². The molecule has 1 saturated heterocycles. The molecule has 1 aromatic heterocycles. The Morgan fingerprint density at radius 2 is 2.44 bits per heavy atom. The van der Waals surface area contributed by atoms with Gasteiger partial charge in [0, 0.05) is 19.6 Å². The second kappa shape index (κ2) is 5.95. The second-order valence-corrected chi connectivity index (χ2v) is 4.92. The highest BCUT2D eigenvalue weighted by Gasteiger charge is 2.22. The lowest BCUT2D eigenvalue weighted by Crippen LogP contribution is -2.45. The summed E-state index contributed by atoms with van der Waals surface area (Å²) in [6.45, 7) is 3.67. The lowest BCUT2D eigenvalue weighted by molar-refractivity contribution is -0.133. The van der Waals surface area contributed by atoms with Crippen molar-refractivity contribution in [2.75, 3.05) is 20.1 Å². The van der Waals surface area contributed by atoms with Crippen molar-refractivity contribution in [3.8, 4) is 0 Å². The smallest absolute Gasteiger partial charge is 0.247 e. The Kier molecular flexibility index (Phi) is 4.30. The maximum absolute atomic E-state index is 12.2. The molecular weight excluding hydrogens is 230 g/mol. The van der Waals surface area contributed by atoms with Crippen LogP contribution in [0.1, 0.15) is 32.2 Å². The predicted octanol–water partition coefficient (Wildman–Crippen LogP) is 0.440. The summed E-state index contributed by atoms with van der Waals surface area (Å²) in [5, 5.41) is 7.46. The highest BCUT2D eigenvalue weighted by atomic mass is 16.2. The van der Waals surface area contributed by atoms with E-state index in [9.17, 15) is 4.79 Å². The van der Waals surface area contributed by atoms with Crippen LogP contribution in [0.3, 0.4) is 0 Å². The van der Waals surface area contributed by atoms with Gasteiger partial charge in [-0.25, -0.2) is 9.67 Å². The molecule has 6 heteroatoms. The summed E-state index contributed by atoms with van der Waals surface area (Å²) in [6.07, 6.45) is 6.67. The Labute approximate surface area is 107 Å². The van der Waals surface area contributed by atoms with Gasteiger partial charge in [0.05, 0.1) is 0 Å². The van der Waals surface area contributed by atoms with Crippen molar-refractivity contribution in [3.63, 3.8) is 0 Å². The minimum atomic E-state index is -0.291. The van der Waals surface area contributed by atoms with Crippen LogP contribution < -0.4 is 5.32 Å². The van der Waals surface area contributed by atoms with E-state index in [0.29, 0.717) is 6.04 Å². The van der Waals surface area contributed by atoms with Gasteiger partial charge in [0.2, 0.25) is 5.91 Å². The van der Waals surface area contributed by atoms with Gasteiger partial charge in [-0.15, -0.1) is 0 Å². The molecule has 0 bridgehead atoms. The summed E-state index contributed by atoms with van der Waals surface area (Å²) < 4.78 is 1.59. The molecule has 1 aromatic rings. The first-order chi connectivity index (χ1) is 8.68. The van der Waals surface area contributed by atoms with Crippen LogP contribution in [0, 0.1) is 0 Å². The normalized spacial score (nSPS) is 21.6. The van der Waals surface area contributed by atoms with E-state index in [1.807, 2.05) is 14.0 Å². The zero-order chi connectivity index (χ0) is 13.0. The summed E-state index contributed by atoms with van der Waals surface area (Å²) in [5.74, 6) is 0.0767. The fourth-order valence-electron chi connectivity index (χ4n) is 2.35. The topological polar surface area (TPSA) is 63.1 Å². The van der Waals surface area contributed by atoms with Gasteiger partial charge in [0.25, 0.3) is 0 Å². The summed E-state index contributed by atoms with van der Waals surface area (Å²) >= 11 is 0. The van der Waals surface area contributed by atoms with E-state index in [-0.39, 0.29) is 11.9 Å². The number of aromatic nitrogens is 3. The highest BCUT2D eigenvalue weighted by molar-refractivity contribution is 5.79. The van der Waals surface area contributed by atoms with E-state index in [1.165, 1.54) is 19.2 Å². The van der Waals surface area contributed by atoms with Crippen LogP contribution in [0.2, 0.25) is 0 Å². The molecule has 0 aromatic carbocycles. The standard InChI is InChI=1S/C12H21N5O/c1-10(17-9-13-8-15-17)12(18)16(2)7-11-5-3-4-6-14-11/h8-11,14H,3-7H2,1-2H3. The van der Waals surface area contributed by atoms with E-state index in [1.54, 1.807) is 15.9 Å². The highest BCUT2D eigenvalue weighted by Crippen LogP contribution is 2.11. The molecule has 2 atom stereocenters. The number of nitrogens with zero attached hydrogens (tertiary/aromatic N) is 4. The predicted molar refractivity (Wildman–Crippen MR) is 68.0 cm³/mol. The number of piperidine rings is 1. The van der Waals surface area contributed by atoms with Crippen molar-refractivity contribution < 1.29 is 4.79 Å². The Balaban J connectivity index is 1.87. The molecule has 0 saturated carbocycles. The lowest BCUT2D eigenvalue weighted by atomic mass is 10.0. The maximum atomic E-state index is 12.2. The molecule has 1 aliphatic heterocycles. The first kappa shape index (κ1) is 13.0.